The molecule has 0 unspecified atom stereocenters. The van der Waals surface area contributed by atoms with Gasteiger partial charge in [-0.05, 0) is 81.9 Å². The number of ether oxygens (including phenoxy) is 1. The molecule has 4 aromatic heterocycles. The predicted molar refractivity (Wildman–Crippen MR) is 212 cm³/mol. The Balaban J connectivity index is 1.21. The number of hydrogen-bond acceptors (Lipinski definition) is 3. The van der Waals surface area contributed by atoms with E-state index in [-0.39, 0.29) is 10.8 Å². The molecule has 0 amide bonds. The topological polar surface area (TPSA) is 48.8 Å². The van der Waals surface area contributed by atoms with Crippen molar-refractivity contribution in [2.45, 2.75) is 72.1 Å². The van der Waals surface area contributed by atoms with Crippen LogP contribution < -0.4 is 9.30 Å². The van der Waals surface area contributed by atoms with Gasteiger partial charge in [0.1, 0.15) is 17.3 Å². The predicted octanol–water partition coefficient (Wildman–Crippen LogP) is 11.1. The van der Waals surface area contributed by atoms with E-state index in [1.54, 1.807) is 12.4 Å². The molecule has 0 aliphatic rings. The van der Waals surface area contributed by atoms with Crippen LogP contribution >= 0.6 is 0 Å². The molecule has 260 valence electrons. The molecule has 0 saturated heterocycles. The van der Waals surface area contributed by atoms with Crippen molar-refractivity contribution in [2.75, 3.05) is 0 Å². The van der Waals surface area contributed by atoms with Crippen molar-refractivity contribution >= 4 is 32.8 Å². The van der Waals surface area contributed by atoms with Gasteiger partial charge < -0.3 is 4.74 Å². The van der Waals surface area contributed by atoms with Gasteiger partial charge in [0, 0.05) is 30.6 Å². The van der Waals surface area contributed by atoms with Crippen LogP contribution in [0.15, 0.2) is 122 Å². The summed E-state index contributed by atoms with van der Waals surface area (Å²) in [6, 6.07) is 35.7. The van der Waals surface area contributed by atoms with Crippen molar-refractivity contribution in [3.8, 4) is 28.7 Å². The molecule has 8 rings (SSSR count). The SMILES string of the molecule is [2H]C(C)(C)c1ccnc(-n2c3ccccc3c3ccc(Oc4cncc(-n5[c-][n+](-c6cc(C(C)(C)C)cc(C(C)(C)C)c6)c6ccccc65)c4)cc32)c1. The number of pyridine rings is 2. The van der Waals surface area contributed by atoms with Crippen LogP contribution in [0.3, 0.4) is 0 Å². The molecule has 0 radical (unpaired) electrons. The normalized spacial score (nSPS) is 12.9. The molecular formula is C46H45N5O. The van der Waals surface area contributed by atoms with Crippen molar-refractivity contribution in [3.63, 3.8) is 0 Å². The first-order chi connectivity index (χ1) is 25.1. The second-order valence-electron chi connectivity index (χ2n) is 15.9. The minimum atomic E-state index is -0.754. The van der Waals surface area contributed by atoms with E-state index in [9.17, 15) is 0 Å². The van der Waals surface area contributed by atoms with Crippen LogP contribution in [0.25, 0.3) is 50.0 Å². The largest absolute Gasteiger partial charge is 0.456 e. The summed E-state index contributed by atoms with van der Waals surface area (Å²) in [5.74, 6) is 1.31. The Kier molecular flexibility index (Phi) is 7.72. The lowest BCUT2D eigenvalue weighted by Gasteiger charge is -2.26. The molecular weight excluding hydrogens is 639 g/mol. The van der Waals surface area contributed by atoms with E-state index >= 15 is 0 Å². The van der Waals surface area contributed by atoms with Crippen LogP contribution in [0.5, 0.6) is 11.5 Å². The third-order valence-electron chi connectivity index (χ3n) is 9.86. The highest BCUT2D eigenvalue weighted by Gasteiger charge is 2.23. The zero-order chi connectivity index (χ0) is 37.3. The molecule has 0 fully saturated rings. The smallest absolute Gasteiger partial charge is 0.269 e. The molecule has 52 heavy (non-hydrogen) atoms. The minimum Gasteiger partial charge on any atom is -0.456 e. The highest BCUT2D eigenvalue weighted by molar-refractivity contribution is 6.09. The summed E-state index contributed by atoms with van der Waals surface area (Å²) >= 11 is 0. The van der Waals surface area contributed by atoms with Gasteiger partial charge in [0.05, 0.1) is 39.6 Å². The summed E-state index contributed by atoms with van der Waals surface area (Å²) in [6.45, 7) is 17.4. The number of nitrogens with zero attached hydrogens (tertiary/aromatic N) is 5. The minimum absolute atomic E-state index is 0.0126. The lowest BCUT2D eigenvalue weighted by atomic mass is 9.80. The summed E-state index contributed by atoms with van der Waals surface area (Å²) in [5, 5.41) is 2.22. The number of imidazole rings is 1. The molecule has 0 aliphatic heterocycles. The van der Waals surface area contributed by atoms with Crippen molar-refractivity contribution in [1.82, 2.24) is 19.1 Å². The second kappa shape index (κ2) is 12.5. The maximum Gasteiger partial charge on any atom is 0.269 e. The Morgan fingerprint density at radius 2 is 1.40 bits per heavy atom. The Morgan fingerprint density at radius 3 is 2.13 bits per heavy atom. The summed E-state index contributed by atoms with van der Waals surface area (Å²) in [5.41, 5.74) is 9.45. The van der Waals surface area contributed by atoms with E-state index < -0.39 is 5.89 Å². The van der Waals surface area contributed by atoms with Gasteiger partial charge in [0.15, 0.2) is 0 Å². The fourth-order valence-corrected chi connectivity index (χ4v) is 6.88. The molecule has 0 aliphatic carbocycles. The first kappa shape index (κ1) is 32.2. The van der Waals surface area contributed by atoms with Crippen LogP contribution in [-0.4, -0.2) is 19.1 Å². The third-order valence-corrected chi connectivity index (χ3v) is 9.86. The van der Waals surface area contributed by atoms with Crippen molar-refractivity contribution in [1.29, 1.82) is 0 Å². The number of benzene rings is 4. The highest BCUT2D eigenvalue weighted by atomic mass is 16.5. The number of hydrogen-bond donors (Lipinski definition) is 0. The number of fused-ring (bicyclic) bond motifs is 4. The quantitative estimate of drug-likeness (QED) is 0.129. The van der Waals surface area contributed by atoms with E-state index in [0.717, 1.165) is 55.6 Å². The Bertz CT molecular complexity index is 2630. The van der Waals surface area contributed by atoms with Gasteiger partial charge in [-0.3, -0.25) is 18.7 Å². The van der Waals surface area contributed by atoms with E-state index in [1.165, 1.54) is 11.1 Å². The van der Waals surface area contributed by atoms with Crippen LogP contribution in [-0.2, 0) is 10.8 Å². The first-order valence-electron chi connectivity index (χ1n) is 18.4. The van der Waals surface area contributed by atoms with Gasteiger partial charge >= 0.3 is 0 Å². The van der Waals surface area contributed by atoms with Gasteiger partial charge in [-0.2, -0.15) is 0 Å². The molecule has 0 saturated carbocycles. The van der Waals surface area contributed by atoms with Crippen molar-refractivity contribution in [2.24, 2.45) is 0 Å². The zero-order valence-electron chi connectivity index (χ0n) is 32.2. The monoisotopic (exact) mass is 684 g/mol. The molecule has 6 heteroatoms. The fraction of sp³-hybridized carbons (Fsp3) is 0.239. The maximum atomic E-state index is 8.64. The molecule has 0 spiro atoms. The first-order valence-corrected chi connectivity index (χ1v) is 17.9. The standard InChI is InChI=1S/C46H45N5O/c1-30(2)31-19-20-48-44(21-31)51-40-14-10-9-13-38(40)39-18-17-36(26-43(39)51)52-37-25-35(27-47-28-37)50-29-49(41-15-11-12-16-42(41)50)34-23-32(45(3,4)5)22-33(24-34)46(6,7)8/h9-28,30H,1-8H3/i30D. The lowest BCUT2D eigenvalue weighted by Crippen LogP contribution is -2.31. The van der Waals surface area contributed by atoms with Gasteiger partial charge in [-0.1, -0.05) is 104 Å². The molecule has 4 heterocycles. The van der Waals surface area contributed by atoms with E-state index in [1.807, 2.05) is 50.4 Å². The van der Waals surface area contributed by atoms with Crippen LogP contribution in [0.2, 0.25) is 0 Å². The van der Waals surface area contributed by atoms with Gasteiger partial charge in [-0.25, -0.2) is 4.98 Å². The second-order valence-corrected chi connectivity index (χ2v) is 15.9. The lowest BCUT2D eigenvalue weighted by molar-refractivity contribution is -0.572. The Hall–Kier alpha value is -5.75. The summed E-state index contributed by atoms with van der Waals surface area (Å²) in [7, 11) is 0. The Labute approximate surface area is 307 Å². The zero-order valence-corrected chi connectivity index (χ0v) is 31.2. The molecule has 0 N–H and O–H groups in total. The molecule has 0 bridgehead atoms. The molecule has 0 atom stereocenters. The average molecular weight is 685 g/mol. The fourth-order valence-electron chi connectivity index (χ4n) is 6.88. The van der Waals surface area contributed by atoms with Crippen molar-refractivity contribution in [3.05, 3.63) is 145 Å². The highest BCUT2D eigenvalue weighted by Crippen LogP contribution is 2.36. The summed E-state index contributed by atoms with van der Waals surface area (Å²) in [4.78, 5) is 9.38. The average Bonchev–Trinajstić information content (AvgIpc) is 3.67. The van der Waals surface area contributed by atoms with Crippen molar-refractivity contribution < 1.29 is 10.7 Å². The number of para-hydroxylation sites is 3. The van der Waals surface area contributed by atoms with Gasteiger partial charge in [0.25, 0.3) is 6.33 Å². The molecule has 4 aromatic carbocycles. The van der Waals surface area contributed by atoms with E-state index in [0.29, 0.717) is 11.5 Å². The molecule has 6 nitrogen and oxygen atoms in total. The molecule has 8 aromatic rings. The van der Waals surface area contributed by atoms with E-state index in [2.05, 4.69) is 139 Å². The number of rotatable bonds is 6. The summed E-state index contributed by atoms with van der Waals surface area (Å²) < 4.78 is 21.6. The maximum absolute atomic E-state index is 8.64. The van der Waals surface area contributed by atoms with E-state index in [4.69, 9.17) is 11.1 Å². The van der Waals surface area contributed by atoms with Gasteiger partial charge in [-0.15, -0.1) is 0 Å². The Morgan fingerprint density at radius 1 is 0.712 bits per heavy atom. The third kappa shape index (κ3) is 6.02. The summed E-state index contributed by atoms with van der Waals surface area (Å²) in [6.07, 6.45) is 9.04. The van der Waals surface area contributed by atoms with Crippen LogP contribution in [0.1, 0.15) is 79.3 Å². The van der Waals surface area contributed by atoms with Crippen LogP contribution in [0.4, 0.5) is 0 Å². The van der Waals surface area contributed by atoms with Crippen LogP contribution in [0, 0.1) is 6.33 Å². The number of aromatic nitrogens is 5. The van der Waals surface area contributed by atoms with Gasteiger partial charge in [0.2, 0.25) is 0 Å².